The van der Waals surface area contributed by atoms with Crippen molar-refractivity contribution < 1.29 is 14.3 Å². The Labute approximate surface area is 150 Å². The minimum absolute atomic E-state index is 0.159. The molecule has 0 spiro atoms. The molecule has 2 aromatic carbocycles. The first kappa shape index (κ1) is 17.2. The Morgan fingerprint density at radius 1 is 1.12 bits per heavy atom. The fourth-order valence-electron chi connectivity index (χ4n) is 2.83. The zero-order valence-electron chi connectivity index (χ0n) is 13.6. The summed E-state index contributed by atoms with van der Waals surface area (Å²) in [6.07, 6.45) is 0. The van der Waals surface area contributed by atoms with Gasteiger partial charge in [-0.15, -0.1) is 0 Å². The van der Waals surface area contributed by atoms with Crippen LogP contribution in [0.25, 0.3) is 0 Å². The molecular weight excluding hydrogens is 340 g/mol. The van der Waals surface area contributed by atoms with Crippen molar-refractivity contribution in [1.82, 2.24) is 5.43 Å². The lowest BCUT2D eigenvalue weighted by molar-refractivity contribution is -0.135. The van der Waals surface area contributed by atoms with Crippen molar-refractivity contribution in [2.45, 2.75) is 18.9 Å². The standard InChI is InChI=1S/C19H17ClN2O3/c1-2-25-19(24)17-15(12-6-4-3-5-7-12)16(21-22-17)18(23)13-8-10-14(20)11-9-13/h3-11,15-16,21H,2H2,1H3/t15-,16-/m0/s1. The highest BCUT2D eigenvalue weighted by molar-refractivity contribution is 6.40. The third-order valence-electron chi connectivity index (χ3n) is 4.01. The quantitative estimate of drug-likeness (QED) is 0.660. The first-order chi connectivity index (χ1) is 12.1. The van der Waals surface area contributed by atoms with Gasteiger partial charge in [0, 0.05) is 10.6 Å². The molecule has 2 aromatic rings. The van der Waals surface area contributed by atoms with Crippen molar-refractivity contribution in [3.05, 3.63) is 70.7 Å². The third-order valence-corrected chi connectivity index (χ3v) is 4.26. The van der Waals surface area contributed by atoms with E-state index in [2.05, 4.69) is 10.5 Å². The summed E-state index contributed by atoms with van der Waals surface area (Å²) in [5.41, 5.74) is 4.35. The summed E-state index contributed by atoms with van der Waals surface area (Å²) >= 11 is 5.89. The highest BCUT2D eigenvalue weighted by atomic mass is 35.5. The Morgan fingerprint density at radius 3 is 2.44 bits per heavy atom. The molecule has 6 heteroatoms. The van der Waals surface area contributed by atoms with E-state index in [0.717, 1.165) is 5.56 Å². The highest BCUT2D eigenvalue weighted by Gasteiger charge is 2.41. The molecule has 0 amide bonds. The maximum absolute atomic E-state index is 12.9. The van der Waals surface area contributed by atoms with E-state index >= 15 is 0 Å². The molecule has 0 unspecified atom stereocenters. The summed E-state index contributed by atoms with van der Waals surface area (Å²) in [4.78, 5) is 25.2. The van der Waals surface area contributed by atoms with Crippen LogP contribution in [-0.2, 0) is 9.53 Å². The Kier molecular flexibility index (Phi) is 5.14. The third kappa shape index (κ3) is 3.56. The van der Waals surface area contributed by atoms with Gasteiger partial charge >= 0.3 is 5.97 Å². The number of halogens is 1. The van der Waals surface area contributed by atoms with Crippen molar-refractivity contribution in [3.8, 4) is 0 Å². The highest BCUT2D eigenvalue weighted by Crippen LogP contribution is 2.29. The average Bonchev–Trinajstić information content (AvgIpc) is 3.08. The Hall–Kier alpha value is -2.66. The van der Waals surface area contributed by atoms with Gasteiger partial charge in [-0.05, 0) is 36.8 Å². The molecule has 0 fully saturated rings. The zero-order chi connectivity index (χ0) is 17.8. The number of nitrogens with zero attached hydrogens (tertiary/aromatic N) is 1. The van der Waals surface area contributed by atoms with Crippen LogP contribution in [0.15, 0.2) is 59.7 Å². The van der Waals surface area contributed by atoms with Crippen LogP contribution in [0.2, 0.25) is 5.02 Å². The lowest BCUT2D eigenvalue weighted by Crippen LogP contribution is -2.37. The molecule has 0 saturated heterocycles. The van der Waals surface area contributed by atoms with E-state index in [0.29, 0.717) is 10.6 Å². The maximum atomic E-state index is 12.9. The number of ether oxygens (including phenoxy) is 1. The zero-order valence-corrected chi connectivity index (χ0v) is 14.4. The number of hydrogen-bond acceptors (Lipinski definition) is 5. The van der Waals surface area contributed by atoms with E-state index in [1.807, 2.05) is 30.3 Å². The van der Waals surface area contributed by atoms with E-state index in [9.17, 15) is 9.59 Å². The predicted molar refractivity (Wildman–Crippen MR) is 96.0 cm³/mol. The van der Waals surface area contributed by atoms with E-state index in [1.54, 1.807) is 31.2 Å². The number of ketones is 1. The first-order valence-corrected chi connectivity index (χ1v) is 8.34. The molecule has 1 heterocycles. The van der Waals surface area contributed by atoms with Gasteiger partial charge in [-0.2, -0.15) is 5.10 Å². The maximum Gasteiger partial charge on any atom is 0.355 e. The lowest BCUT2D eigenvalue weighted by Gasteiger charge is -2.19. The topological polar surface area (TPSA) is 67.8 Å². The van der Waals surface area contributed by atoms with Crippen LogP contribution in [0.1, 0.15) is 28.8 Å². The van der Waals surface area contributed by atoms with Gasteiger partial charge in [0.25, 0.3) is 0 Å². The Balaban J connectivity index is 1.94. The smallest absolute Gasteiger partial charge is 0.355 e. The van der Waals surface area contributed by atoms with Crippen molar-refractivity contribution in [3.63, 3.8) is 0 Å². The van der Waals surface area contributed by atoms with Gasteiger partial charge in [0.1, 0.15) is 6.04 Å². The van der Waals surface area contributed by atoms with Gasteiger partial charge < -0.3 is 4.74 Å². The van der Waals surface area contributed by atoms with Gasteiger partial charge in [0.15, 0.2) is 11.5 Å². The van der Waals surface area contributed by atoms with Crippen LogP contribution >= 0.6 is 11.6 Å². The molecule has 0 saturated carbocycles. The summed E-state index contributed by atoms with van der Waals surface area (Å²) in [5, 5.41) is 4.66. The van der Waals surface area contributed by atoms with Gasteiger partial charge in [-0.3, -0.25) is 10.2 Å². The van der Waals surface area contributed by atoms with Gasteiger partial charge in [0.2, 0.25) is 0 Å². The average molecular weight is 357 g/mol. The first-order valence-electron chi connectivity index (χ1n) is 7.96. The van der Waals surface area contributed by atoms with E-state index in [4.69, 9.17) is 16.3 Å². The molecular formula is C19H17ClN2O3. The molecule has 2 atom stereocenters. The summed E-state index contributed by atoms with van der Waals surface area (Å²) in [5.74, 6) is -1.19. The van der Waals surface area contributed by atoms with Gasteiger partial charge in [0.05, 0.1) is 12.5 Å². The van der Waals surface area contributed by atoms with Crippen LogP contribution in [0, 0.1) is 0 Å². The summed E-state index contributed by atoms with van der Waals surface area (Å²) in [7, 11) is 0. The minimum Gasteiger partial charge on any atom is -0.461 e. The van der Waals surface area contributed by atoms with Crippen LogP contribution in [0.3, 0.4) is 0 Å². The summed E-state index contributed by atoms with van der Waals surface area (Å²) in [6.45, 7) is 1.98. The predicted octanol–water partition coefficient (Wildman–Crippen LogP) is 3.20. The SMILES string of the molecule is CCOC(=O)C1=NN[C@H](C(=O)c2ccc(Cl)cc2)[C@@H]1c1ccccc1. The number of esters is 1. The van der Waals surface area contributed by atoms with Crippen molar-refractivity contribution in [2.24, 2.45) is 5.10 Å². The number of carbonyl (C=O) groups is 2. The molecule has 25 heavy (non-hydrogen) atoms. The van der Waals surface area contributed by atoms with Gasteiger partial charge in [-0.25, -0.2) is 4.79 Å². The number of hydrogen-bond donors (Lipinski definition) is 1. The molecule has 1 aliphatic heterocycles. The van der Waals surface area contributed by atoms with E-state index in [-0.39, 0.29) is 18.1 Å². The fourth-order valence-corrected chi connectivity index (χ4v) is 2.96. The number of rotatable bonds is 5. The normalized spacial score (nSPS) is 19.0. The van der Waals surface area contributed by atoms with Crippen molar-refractivity contribution in [2.75, 3.05) is 6.61 Å². The second-order valence-corrected chi connectivity index (χ2v) is 6.02. The summed E-state index contributed by atoms with van der Waals surface area (Å²) < 4.78 is 5.09. The van der Waals surface area contributed by atoms with E-state index in [1.165, 1.54) is 0 Å². The van der Waals surface area contributed by atoms with E-state index < -0.39 is 17.9 Å². The number of hydrazone groups is 1. The van der Waals surface area contributed by atoms with Crippen LogP contribution in [-0.4, -0.2) is 30.1 Å². The number of benzene rings is 2. The van der Waals surface area contributed by atoms with Crippen molar-refractivity contribution >= 4 is 29.1 Å². The minimum atomic E-state index is -0.678. The number of nitrogens with one attached hydrogen (secondary N) is 1. The van der Waals surface area contributed by atoms with Crippen LogP contribution in [0.5, 0.6) is 0 Å². The molecule has 0 aliphatic carbocycles. The molecule has 0 aromatic heterocycles. The summed E-state index contributed by atoms with van der Waals surface area (Å²) in [6, 6.07) is 15.3. The number of carbonyl (C=O) groups excluding carboxylic acids is 2. The molecule has 5 nitrogen and oxygen atoms in total. The number of Topliss-reactive ketones (excluding diaryl/α,β-unsaturated/α-hetero) is 1. The largest absolute Gasteiger partial charge is 0.461 e. The molecule has 1 aliphatic rings. The lowest BCUT2D eigenvalue weighted by atomic mass is 9.84. The van der Waals surface area contributed by atoms with Crippen molar-refractivity contribution in [1.29, 1.82) is 0 Å². The second-order valence-electron chi connectivity index (χ2n) is 5.58. The van der Waals surface area contributed by atoms with Crippen LogP contribution in [0.4, 0.5) is 0 Å². The Morgan fingerprint density at radius 2 is 1.80 bits per heavy atom. The van der Waals surface area contributed by atoms with Gasteiger partial charge in [-0.1, -0.05) is 41.9 Å². The van der Waals surface area contributed by atoms with Crippen LogP contribution < -0.4 is 5.43 Å². The molecule has 0 radical (unpaired) electrons. The molecule has 0 bridgehead atoms. The monoisotopic (exact) mass is 356 g/mol. The Bertz CT molecular complexity index is 803. The molecule has 128 valence electrons. The second kappa shape index (κ2) is 7.49. The molecule has 1 N–H and O–H groups in total. The molecule has 3 rings (SSSR count). The fraction of sp³-hybridized carbons (Fsp3) is 0.211.